The normalized spacial score (nSPS) is 16.8. The molecule has 8 heteroatoms. The van der Waals surface area contributed by atoms with Crippen LogP contribution in [0.25, 0.3) is 11.5 Å². The van der Waals surface area contributed by atoms with Crippen molar-refractivity contribution >= 4 is 12.4 Å². The predicted molar refractivity (Wildman–Crippen MR) is 150 cm³/mol. The number of amides is 1. The number of rotatable bonds is 9. The molecule has 5 rings (SSSR count). The van der Waals surface area contributed by atoms with Gasteiger partial charge >= 0.3 is 6.09 Å². The fourth-order valence-corrected chi connectivity index (χ4v) is 4.97. The summed E-state index contributed by atoms with van der Waals surface area (Å²) in [5.41, 5.74) is 2.73. The SMILES string of the molecule is COc1ccc(OC(=O)N2[C@H](C=O)CCC[C@@H]2c2ccc(OCCc3nc(-c4ccccc4)oc3C)cc2)cc1. The molecule has 2 atom stereocenters. The third-order valence-corrected chi connectivity index (χ3v) is 7.09. The summed E-state index contributed by atoms with van der Waals surface area (Å²) in [6, 6.07) is 23.4. The first-order valence-corrected chi connectivity index (χ1v) is 13.4. The van der Waals surface area contributed by atoms with Gasteiger partial charge in [0.2, 0.25) is 5.89 Å². The van der Waals surface area contributed by atoms with Crippen LogP contribution in [0.1, 0.15) is 42.3 Å². The molecule has 0 aliphatic carbocycles. The van der Waals surface area contributed by atoms with Gasteiger partial charge in [-0.2, -0.15) is 0 Å². The molecule has 1 aliphatic heterocycles. The standard InChI is InChI=1S/C32H32N2O6/c1-22-29(33-31(39-22)24-7-4-3-5-8-24)19-20-38-27-13-11-23(12-14-27)30-10-6-9-25(21-35)34(30)32(36)40-28-17-15-26(37-2)16-18-28/h3-5,7-8,11-18,21,25,30H,6,9-10,19-20H2,1-2H3/t25-,30+/m0/s1. The van der Waals surface area contributed by atoms with Gasteiger partial charge in [0.05, 0.1) is 31.5 Å². The number of benzene rings is 3. The number of likely N-dealkylation sites (tertiary alicyclic amines) is 1. The van der Waals surface area contributed by atoms with Gasteiger partial charge in [-0.05, 0) is 80.3 Å². The molecule has 0 bridgehead atoms. The number of aromatic nitrogens is 1. The van der Waals surface area contributed by atoms with Gasteiger partial charge in [0.1, 0.15) is 29.3 Å². The van der Waals surface area contributed by atoms with E-state index in [1.54, 1.807) is 36.3 Å². The molecule has 1 saturated heterocycles. The number of ether oxygens (including phenoxy) is 3. The van der Waals surface area contributed by atoms with Crippen LogP contribution in [-0.2, 0) is 11.2 Å². The largest absolute Gasteiger partial charge is 0.497 e. The average Bonchev–Trinajstić information content (AvgIpc) is 3.38. The van der Waals surface area contributed by atoms with E-state index in [-0.39, 0.29) is 6.04 Å². The number of nitrogens with zero attached hydrogens (tertiary/aromatic N) is 2. The topological polar surface area (TPSA) is 91.1 Å². The van der Waals surface area contributed by atoms with Gasteiger partial charge in [0.25, 0.3) is 0 Å². The molecule has 0 saturated carbocycles. The Balaban J connectivity index is 1.22. The highest BCUT2D eigenvalue weighted by Crippen LogP contribution is 2.35. The second kappa shape index (κ2) is 12.5. The molecule has 0 spiro atoms. The molecule has 2 heterocycles. The van der Waals surface area contributed by atoms with E-state index in [2.05, 4.69) is 4.98 Å². The zero-order valence-electron chi connectivity index (χ0n) is 22.6. The van der Waals surface area contributed by atoms with Gasteiger partial charge in [-0.3, -0.25) is 4.90 Å². The third-order valence-electron chi connectivity index (χ3n) is 7.09. The van der Waals surface area contributed by atoms with Crippen molar-refractivity contribution in [2.24, 2.45) is 0 Å². The Hall–Kier alpha value is -4.59. The van der Waals surface area contributed by atoms with Crippen LogP contribution in [0.5, 0.6) is 17.2 Å². The van der Waals surface area contributed by atoms with Gasteiger partial charge in [0.15, 0.2) is 0 Å². The molecular formula is C32H32N2O6. The summed E-state index contributed by atoms with van der Waals surface area (Å²) in [5, 5.41) is 0. The van der Waals surface area contributed by atoms with E-state index in [1.807, 2.05) is 61.5 Å². The molecule has 1 amide bonds. The number of hydrogen-bond acceptors (Lipinski definition) is 7. The highest BCUT2D eigenvalue weighted by molar-refractivity contribution is 5.76. The molecule has 1 aromatic heterocycles. The number of piperidine rings is 1. The summed E-state index contributed by atoms with van der Waals surface area (Å²) in [6.45, 7) is 2.35. The fourth-order valence-electron chi connectivity index (χ4n) is 4.97. The van der Waals surface area contributed by atoms with Gasteiger partial charge in [-0.1, -0.05) is 30.3 Å². The maximum absolute atomic E-state index is 13.2. The van der Waals surface area contributed by atoms with Crippen molar-refractivity contribution in [3.8, 4) is 28.7 Å². The summed E-state index contributed by atoms with van der Waals surface area (Å²) in [7, 11) is 1.57. The number of aryl methyl sites for hydroxylation is 1. The second-order valence-electron chi connectivity index (χ2n) is 9.66. The Labute approximate surface area is 233 Å². The average molecular weight is 541 g/mol. The van der Waals surface area contributed by atoms with Gasteiger partial charge in [0, 0.05) is 12.0 Å². The third kappa shape index (κ3) is 6.17. The lowest BCUT2D eigenvalue weighted by Crippen LogP contribution is -2.47. The molecular weight excluding hydrogens is 508 g/mol. The summed E-state index contributed by atoms with van der Waals surface area (Å²) < 4.78 is 22.6. The maximum Gasteiger partial charge on any atom is 0.416 e. The number of methoxy groups -OCH3 is 1. The zero-order chi connectivity index (χ0) is 27.9. The lowest BCUT2D eigenvalue weighted by Gasteiger charge is -2.39. The number of oxazole rings is 1. The molecule has 1 aliphatic rings. The van der Waals surface area contributed by atoms with Crippen molar-refractivity contribution in [1.29, 1.82) is 0 Å². The number of hydrogen-bond donors (Lipinski definition) is 0. The van der Waals surface area contributed by atoms with Crippen LogP contribution in [0.4, 0.5) is 4.79 Å². The smallest absolute Gasteiger partial charge is 0.416 e. The summed E-state index contributed by atoms with van der Waals surface area (Å²) in [4.78, 5) is 31.3. The number of aldehydes is 1. The molecule has 40 heavy (non-hydrogen) atoms. The van der Waals surface area contributed by atoms with Crippen LogP contribution in [0.15, 0.2) is 83.3 Å². The molecule has 0 radical (unpaired) electrons. The van der Waals surface area contributed by atoms with Crippen molar-refractivity contribution in [3.05, 3.63) is 95.9 Å². The Bertz CT molecular complexity index is 1420. The van der Waals surface area contributed by atoms with E-state index < -0.39 is 12.1 Å². The minimum atomic E-state index is -0.551. The van der Waals surface area contributed by atoms with Gasteiger partial charge in [-0.15, -0.1) is 0 Å². The maximum atomic E-state index is 13.2. The zero-order valence-corrected chi connectivity index (χ0v) is 22.6. The first-order chi connectivity index (χ1) is 19.6. The van der Waals surface area contributed by atoms with Crippen LogP contribution in [0.3, 0.4) is 0 Å². The lowest BCUT2D eigenvalue weighted by atomic mass is 9.91. The van der Waals surface area contributed by atoms with Crippen molar-refractivity contribution < 1.29 is 28.2 Å². The predicted octanol–water partition coefficient (Wildman–Crippen LogP) is 6.57. The second-order valence-corrected chi connectivity index (χ2v) is 9.66. The van der Waals surface area contributed by atoms with Crippen LogP contribution in [0, 0.1) is 6.92 Å². The summed E-state index contributed by atoms with van der Waals surface area (Å²) in [5.74, 6) is 3.15. The molecule has 0 unspecified atom stereocenters. The Morgan fingerprint density at radius 3 is 2.38 bits per heavy atom. The Morgan fingerprint density at radius 1 is 0.975 bits per heavy atom. The molecule has 8 nitrogen and oxygen atoms in total. The van der Waals surface area contributed by atoms with Gasteiger partial charge in [-0.25, -0.2) is 9.78 Å². The fraction of sp³-hybridized carbons (Fsp3) is 0.281. The van der Waals surface area contributed by atoms with E-state index in [9.17, 15) is 9.59 Å². The van der Waals surface area contributed by atoms with E-state index >= 15 is 0 Å². The van der Waals surface area contributed by atoms with Crippen molar-refractivity contribution in [1.82, 2.24) is 9.88 Å². The molecule has 3 aromatic carbocycles. The van der Waals surface area contributed by atoms with Crippen LogP contribution >= 0.6 is 0 Å². The molecule has 0 N–H and O–H groups in total. The first kappa shape index (κ1) is 27.0. The van der Waals surface area contributed by atoms with E-state index in [0.717, 1.165) is 41.7 Å². The van der Waals surface area contributed by atoms with Gasteiger partial charge < -0.3 is 23.4 Å². The van der Waals surface area contributed by atoms with Crippen molar-refractivity contribution in [2.75, 3.05) is 13.7 Å². The van der Waals surface area contributed by atoms with E-state index in [0.29, 0.717) is 42.6 Å². The minimum absolute atomic E-state index is 0.280. The summed E-state index contributed by atoms with van der Waals surface area (Å²) >= 11 is 0. The van der Waals surface area contributed by atoms with Crippen LogP contribution < -0.4 is 14.2 Å². The summed E-state index contributed by atoms with van der Waals surface area (Å²) in [6.07, 6.45) is 3.06. The van der Waals surface area contributed by atoms with E-state index in [4.69, 9.17) is 18.6 Å². The first-order valence-electron chi connectivity index (χ1n) is 13.4. The molecule has 1 fully saturated rings. The lowest BCUT2D eigenvalue weighted by molar-refractivity contribution is -0.113. The van der Waals surface area contributed by atoms with Crippen LogP contribution in [0.2, 0.25) is 0 Å². The highest BCUT2D eigenvalue weighted by Gasteiger charge is 2.36. The quantitative estimate of drug-likeness (QED) is 0.222. The van der Waals surface area contributed by atoms with Crippen molar-refractivity contribution in [3.63, 3.8) is 0 Å². The molecule has 206 valence electrons. The monoisotopic (exact) mass is 540 g/mol. The Morgan fingerprint density at radius 2 is 1.68 bits per heavy atom. The Kier molecular flexibility index (Phi) is 8.44. The van der Waals surface area contributed by atoms with E-state index in [1.165, 1.54) is 0 Å². The highest BCUT2D eigenvalue weighted by atomic mass is 16.6. The van der Waals surface area contributed by atoms with Crippen molar-refractivity contribution in [2.45, 2.75) is 44.7 Å². The molecule has 4 aromatic rings. The number of carbonyl (C=O) groups is 2. The minimum Gasteiger partial charge on any atom is -0.497 e. The number of carbonyl (C=O) groups excluding carboxylic acids is 2. The van der Waals surface area contributed by atoms with Crippen LogP contribution in [-0.4, -0.2) is 42.0 Å².